The number of aromatic nitrogens is 1. The van der Waals surface area contributed by atoms with Gasteiger partial charge in [-0.15, -0.1) is 0 Å². The van der Waals surface area contributed by atoms with Crippen LogP contribution in [-0.2, 0) is 29.3 Å². The monoisotopic (exact) mass is 473 g/mol. The quantitative estimate of drug-likeness (QED) is 0.422. The van der Waals surface area contributed by atoms with Crippen molar-refractivity contribution in [3.8, 4) is 5.75 Å². The summed E-state index contributed by atoms with van der Waals surface area (Å²) >= 11 is 0. The molecule has 1 aliphatic rings. The lowest BCUT2D eigenvalue weighted by Gasteiger charge is -2.22. The average molecular weight is 474 g/mol. The number of nitrogens with zero attached hydrogens (tertiary/aromatic N) is 1. The van der Waals surface area contributed by atoms with Gasteiger partial charge in [-0.2, -0.15) is 0 Å². The molecule has 4 rings (SSSR count). The molecule has 0 spiro atoms. The molecule has 7 nitrogen and oxygen atoms in total. The Kier molecular flexibility index (Phi) is 8.70. The van der Waals surface area contributed by atoms with Gasteiger partial charge in [-0.05, 0) is 30.0 Å². The van der Waals surface area contributed by atoms with Crippen molar-refractivity contribution in [2.45, 2.75) is 51.9 Å². The maximum absolute atomic E-state index is 12.9. The second kappa shape index (κ2) is 12.6. The molecule has 0 saturated heterocycles. The van der Waals surface area contributed by atoms with Crippen LogP contribution in [0.2, 0.25) is 0 Å². The smallest absolute Gasteiger partial charge is 0.407 e. The number of hydrogen-bond acceptors (Lipinski definition) is 5. The normalized spacial score (nSPS) is 13.6. The van der Waals surface area contributed by atoms with Crippen molar-refractivity contribution in [3.05, 3.63) is 89.6 Å². The summed E-state index contributed by atoms with van der Waals surface area (Å²) < 4.78 is 11.5. The number of carbonyl (C=O) groups excluding carboxylic acids is 2. The number of carbonyl (C=O) groups is 2. The predicted octanol–water partition coefficient (Wildman–Crippen LogP) is 5.61. The van der Waals surface area contributed by atoms with Crippen LogP contribution in [0.15, 0.2) is 72.9 Å². The molecule has 0 radical (unpaired) electrons. The highest BCUT2D eigenvalue weighted by atomic mass is 16.5. The van der Waals surface area contributed by atoms with Gasteiger partial charge < -0.3 is 20.1 Å². The first-order valence-electron chi connectivity index (χ1n) is 12.1. The zero-order valence-electron chi connectivity index (χ0n) is 19.7. The molecule has 0 bridgehead atoms. The molecule has 7 heteroatoms. The van der Waals surface area contributed by atoms with Crippen molar-refractivity contribution in [3.63, 3.8) is 0 Å². The number of ether oxygens (including phenoxy) is 2. The predicted molar refractivity (Wildman–Crippen MR) is 134 cm³/mol. The number of anilines is 1. The van der Waals surface area contributed by atoms with Gasteiger partial charge in [0.15, 0.2) is 11.6 Å². The minimum absolute atomic E-state index is 0.0118. The van der Waals surface area contributed by atoms with E-state index in [1.165, 1.54) is 6.42 Å². The van der Waals surface area contributed by atoms with Crippen molar-refractivity contribution in [1.82, 2.24) is 10.3 Å². The van der Waals surface area contributed by atoms with Crippen LogP contribution < -0.4 is 15.4 Å². The topological polar surface area (TPSA) is 89.6 Å². The molecule has 0 aliphatic heterocycles. The van der Waals surface area contributed by atoms with Crippen LogP contribution in [0, 0.1) is 5.92 Å². The van der Waals surface area contributed by atoms with Crippen LogP contribution in [0.3, 0.4) is 0 Å². The van der Waals surface area contributed by atoms with Crippen molar-refractivity contribution < 1.29 is 19.1 Å². The molecule has 0 unspecified atom stereocenters. The lowest BCUT2D eigenvalue weighted by Crippen LogP contribution is -2.26. The lowest BCUT2D eigenvalue weighted by atomic mass is 9.89. The maximum Gasteiger partial charge on any atom is 0.407 e. The van der Waals surface area contributed by atoms with Crippen LogP contribution >= 0.6 is 0 Å². The second-order valence-corrected chi connectivity index (χ2v) is 8.66. The number of rotatable bonds is 9. The first-order chi connectivity index (χ1) is 17.2. The molecule has 1 heterocycles. The van der Waals surface area contributed by atoms with Crippen LogP contribution in [0.5, 0.6) is 5.75 Å². The molecule has 2 aromatic carbocycles. The molecular formula is C28H31N3O4. The van der Waals surface area contributed by atoms with Gasteiger partial charge in [0.2, 0.25) is 5.91 Å². The van der Waals surface area contributed by atoms with Crippen LogP contribution in [0.1, 0.15) is 48.8 Å². The van der Waals surface area contributed by atoms with Crippen molar-refractivity contribution in [1.29, 1.82) is 0 Å². The molecule has 35 heavy (non-hydrogen) atoms. The standard InChI is InChI=1S/C28H31N3O4/c32-27(23-14-8-3-9-15-23)31-26-25(34-19-21-10-4-1-5-11-21)24(16-17-29-26)18-30-28(33)35-20-22-12-6-2-7-13-22/h1-2,4-7,10-13,16-17,23H,3,8-9,14-15,18-20H2,(H,30,33)(H,29,31,32). The molecule has 3 aromatic rings. The largest absolute Gasteiger partial charge is 0.485 e. The van der Waals surface area contributed by atoms with E-state index in [0.717, 1.165) is 36.8 Å². The zero-order chi connectivity index (χ0) is 24.3. The number of pyridine rings is 1. The van der Waals surface area contributed by atoms with Gasteiger partial charge in [-0.3, -0.25) is 4.79 Å². The number of hydrogen-bond donors (Lipinski definition) is 2. The lowest BCUT2D eigenvalue weighted by molar-refractivity contribution is -0.120. The SMILES string of the molecule is O=C(NCc1ccnc(NC(=O)C2CCCCC2)c1OCc1ccccc1)OCc1ccccc1. The highest BCUT2D eigenvalue weighted by Gasteiger charge is 2.23. The van der Waals surface area contributed by atoms with Gasteiger partial charge in [0.1, 0.15) is 13.2 Å². The Morgan fingerprint density at radius 1 is 0.857 bits per heavy atom. The van der Waals surface area contributed by atoms with E-state index in [9.17, 15) is 9.59 Å². The summed E-state index contributed by atoms with van der Waals surface area (Å²) in [6.45, 7) is 0.667. The molecule has 1 fully saturated rings. The molecule has 182 valence electrons. The summed E-state index contributed by atoms with van der Waals surface area (Å²) in [4.78, 5) is 29.6. The molecule has 2 amide bonds. The Labute approximate surface area is 205 Å². The van der Waals surface area contributed by atoms with E-state index < -0.39 is 6.09 Å². The highest BCUT2D eigenvalue weighted by Crippen LogP contribution is 2.30. The van der Waals surface area contributed by atoms with E-state index in [-0.39, 0.29) is 25.0 Å². The Morgan fingerprint density at radius 3 is 2.20 bits per heavy atom. The number of nitrogens with one attached hydrogen (secondary N) is 2. The fourth-order valence-electron chi connectivity index (χ4n) is 4.13. The van der Waals surface area contributed by atoms with Crippen LogP contribution in [0.25, 0.3) is 0 Å². The number of alkyl carbamates (subject to hydrolysis) is 1. The van der Waals surface area contributed by atoms with Gasteiger partial charge >= 0.3 is 6.09 Å². The minimum Gasteiger partial charge on any atom is -0.485 e. The fourth-order valence-corrected chi connectivity index (χ4v) is 4.13. The highest BCUT2D eigenvalue weighted by molar-refractivity contribution is 5.93. The van der Waals surface area contributed by atoms with E-state index in [0.29, 0.717) is 23.7 Å². The van der Waals surface area contributed by atoms with E-state index >= 15 is 0 Å². The molecule has 2 N–H and O–H groups in total. The third kappa shape index (κ3) is 7.30. The Hall–Kier alpha value is -3.87. The van der Waals surface area contributed by atoms with Gasteiger partial charge in [-0.25, -0.2) is 9.78 Å². The fraction of sp³-hybridized carbons (Fsp3) is 0.321. The van der Waals surface area contributed by atoms with E-state index in [1.807, 2.05) is 60.7 Å². The van der Waals surface area contributed by atoms with Crippen molar-refractivity contribution in [2.75, 3.05) is 5.32 Å². The van der Waals surface area contributed by atoms with Crippen molar-refractivity contribution in [2.24, 2.45) is 5.92 Å². The van der Waals surface area contributed by atoms with Gasteiger partial charge in [0, 0.05) is 24.2 Å². The molecule has 1 aromatic heterocycles. The average Bonchev–Trinajstić information content (AvgIpc) is 2.91. The summed E-state index contributed by atoms with van der Waals surface area (Å²) in [6.07, 6.45) is 6.16. The van der Waals surface area contributed by atoms with Gasteiger partial charge in [0.25, 0.3) is 0 Å². The summed E-state index contributed by atoms with van der Waals surface area (Å²) in [5.74, 6) is 0.772. The molecule has 1 aliphatic carbocycles. The molecular weight excluding hydrogens is 442 g/mol. The third-order valence-electron chi connectivity index (χ3n) is 6.07. The van der Waals surface area contributed by atoms with Crippen LogP contribution in [-0.4, -0.2) is 17.0 Å². The Morgan fingerprint density at radius 2 is 1.51 bits per heavy atom. The van der Waals surface area contributed by atoms with E-state index in [2.05, 4.69) is 15.6 Å². The van der Waals surface area contributed by atoms with Gasteiger partial charge in [0.05, 0.1) is 0 Å². The minimum atomic E-state index is -0.535. The number of benzene rings is 2. The van der Waals surface area contributed by atoms with E-state index in [1.54, 1.807) is 12.3 Å². The van der Waals surface area contributed by atoms with Gasteiger partial charge in [-0.1, -0.05) is 79.9 Å². The first-order valence-corrected chi connectivity index (χ1v) is 12.1. The summed E-state index contributed by atoms with van der Waals surface area (Å²) in [6, 6.07) is 21.0. The number of amides is 2. The summed E-state index contributed by atoms with van der Waals surface area (Å²) in [7, 11) is 0. The maximum atomic E-state index is 12.9. The summed E-state index contributed by atoms with van der Waals surface area (Å²) in [5, 5.41) is 5.74. The van der Waals surface area contributed by atoms with E-state index in [4.69, 9.17) is 9.47 Å². The Balaban J connectivity index is 1.44. The first kappa shape index (κ1) is 24.3. The summed E-state index contributed by atoms with van der Waals surface area (Å²) in [5.41, 5.74) is 2.60. The Bertz CT molecular complexity index is 1100. The second-order valence-electron chi connectivity index (χ2n) is 8.66. The van der Waals surface area contributed by atoms with Crippen LogP contribution in [0.4, 0.5) is 10.6 Å². The zero-order valence-corrected chi connectivity index (χ0v) is 19.7. The van der Waals surface area contributed by atoms with Crippen molar-refractivity contribution >= 4 is 17.8 Å². The molecule has 0 atom stereocenters. The molecule has 1 saturated carbocycles. The third-order valence-corrected chi connectivity index (χ3v) is 6.07.